The van der Waals surface area contributed by atoms with Gasteiger partial charge in [0, 0.05) is 12.1 Å². The van der Waals surface area contributed by atoms with Gasteiger partial charge < -0.3 is 15.7 Å². The van der Waals surface area contributed by atoms with Gasteiger partial charge in [-0.1, -0.05) is 30.5 Å². The van der Waals surface area contributed by atoms with Gasteiger partial charge in [-0.15, -0.1) is 5.10 Å². The van der Waals surface area contributed by atoms with Gasteiger partial charge in [-0.2, -0.15) is 0 Å². The normalized spacial score (nSPS) is 14.4. The van der Waals surface area contributed by atoms with Crippen molar-refractivity contribution in [1.82, 2.24) is 20.3 Å². The van der Waals surface area contributed by atoms with E-state index in [4.69, 9.17) is 5.11 Å². The van der Waals surface area contributed by atoms with Crippen LogP contribution in [0.5, 0.6) is 0 Å². The Morgan fingerprint density at radius 1 is 1.14 bits per heavy atom. The van der Waals surface area contributed by atoms with Gasteiger partial charge in [0.05, 0.1) is 18.4 Å². The van der Waals surface area contributed by atoms with Crippen molar-refractivity contribution in [3.63, 3.8) is 0 Å². The second-order valence-corrected chi connectivity index (χ2v) is 6.94. The number of hydrogen-bond acceptors (Lipinski definition) is 5. The van der Waals surface area contributed by atoms with E-state index in [-0.39, 0.29) is 24.1 Å². The minimum atomic E-state index is -1.17. The van der Waals surface area contributed by atoms with Crippen molar-refractivity contribution in [1.29, 1.82) is 0 Å². The number of carbonyl (C=O) groups excluding carboxylic acids is 2. The average Bonchev–Trinajstić information content (AvgIpc) is 3.18. The first-order valence-electron chi connectivity index (χ1n) is 9.34. The summed E-state index contributed by atoms with van der Waals surface area (Å²) in [6.07, 6.45) is 7.51. The van der Waals surface area contributed by atoms with Gasteiger partial charge in [-0.05, 0) is 37.0 Å². The van der Waals surface area contributed by atoms with Crippen molar-refractivity contribution in [2.75, 3.05) is 11.9 Å². The quantitative estimate of drug-likeness (QED) is 0.669. The molecule has 3 rings (SSSR count). The summed E-state index contributed by atoms with van der Waals surface area (Å²) >= 11 is 0. The Hall–Kier alpha value is -3.23. The van der Waals surface area contributed by atoms with Crippen molar-refractivity contribution in [2.24, 2.45) is 5.92 Å². The molecule has 0 radical (unpaired) electrons. The largest absolute Gasteiger partial charge is 0.476 e. The van der Waals surface area contributed by atoms with E-state index in [1.165, 1.54) is 30.1 Å². The SMILES string of the molecule is O=C(CC1CCCCC1)NCC(=O)Nc1cccc(-n2cc(C(=O)O)nn2)c1. The van der Waals surface area contributed by atoms with Crippen molar-refractivity contribution >= 4 is 23.5 Å². The first-order valence-corrected chi connectivity index (χ1v) is 9.34. The Bertz CT molecular complexity index is 858. The highest BCUT2D eigenvalue weighted by Crippen LogP contribution is 2.26. The first kappa shape index (κ1) is 19.5. The molecule has 1 aliphatic rings. The van der Waals surface area contributed by atoms with Crippen molar-refractivity contribution < 1.29 is 19.5 Å². The summed E-state index contributed by atoms with van der Waals surface area (Å²) < 4.78 is 1.31. The predicted molar refractivity (Wildman–Crippen MR) is 101 cm³/mol. The smallest absolute Gasteiger partial charge is 0.358 e. The molecule has 148 valence electrons. The second-order valence-electron chi connectivity index (χ2n) is 6.94. The topological polar surface area (TPSA) is 126 Å². The zero-order valence-electron chi connectivity index (χ0n) is 15.4. The van der Waals surface area contributed by atoms with E-state index in [1.54, 1.807) is 24.3 Å². The Morgan fingerprint density at radius 3 is 2.64 bits per heavy atom. The Kier molecular flexibility index (Phi) is 6.36. The molecule has 2 amide bonds. The molecule has 0 atom stereocenters. The minimum Gasteiger partial charge on any atom is -0.476 e. The van der Waals surface area contributed by atoms with Gasteiger partial charge in [-0.25, -0.2) is 9.48 Å². The van der Waals surface area contributed by atoms with E-state index in [2.05, 4.69) is 20.9 Å². The standard InChI is InChI=1S/C19H23N5O4/c25-17(9-13-5-2-1-3-6-13)20-11-18(26)21-14-7-4-8-15(10-14)24-12-16(19(27)28)22-23-24/h4,7-8,10,12-13H,1-3,5-6,9,11H2,(H,20,25)(H,21,26)(H,27,28). The average molecular weight is 385 g/mol. The molecule has 1 aliphatic carbocycles. The molecule has 1 aromatic heterocycles. The number of carbonyl (C=O) groups is 3. The lowest BCUT2D eigenvalue weighted by molar-refractivity contribution is -0.125. The Morgan fingerprint density at radius 2 is 1.93 bits per heavy atom. The van der Waals surface area contributed by atoms with Gasteiger partial charge in [0.15, 0.2) is 5.69 Å². The van der Waals surface area contributed by atoms with E-state index in [1.807, 2.05) is 0 Å². The third kappa shape index (κ3) is 5.38. The summed E-state index contributed by atoms with van der Waals surface area (Å²) in [4.78, 5) is 35.0. The van der Waals surface area contributed by atoms with Crippen molar-refractivity contribution in [3.8, 4) is 5.69 Å². The molecule has 28 heavy (non-hydrogen) atoms. The summed E-state index contributed by atoms with van der Waals surface area (Å²) in [5.41, 5.74) is 0.894. The number of aromatic nitrogens is 3. The summed E-state index contributed by atoms with van der Waals surface area (Å²) in [6.45, 7) is -0.0950. The number of rotatable bonds is 7. The fraction of sp³-hybridized carbons (Fsp3) is 0.421. The number of nitrogens with one attached hydrogen (secondary N) is 2. The lowest BCUT2D eigenvalue weighted by atomic mass is 9.87. The molecule has 3 N–H and O–H groups in total. The minimum absolute atomic E-state index is 0.0950. The maximum absolute atomic E-state index is 12.1. The lowest BCUT2D eigenvalue weighted by Crippen LogP contribution is -2.34. The molecule has 1 heterocycles. The van der Waals surface area contributed by atoms with Crippen molar-refractivity contribution in [3.05, 3.63) is 36.2 Å². The number of carboxylic acids is 1. The number of anilines is 1. The van der Waals surface area contributed by atoms with E-state index < -0.39 is 5.97 Å². The zero-order valence-corrected chi connectivity index (χ0v) is 15.4. The molecule has 0 spiro atoms. The fourth-order valence-corrected chi connectivity index (χ4v) is 3.32. The van der Waals surface area contributed by atoms with Crippen LogP contribution in [-0.4, -0.2) is 44.4 Å². The number of benzene rings is 1. The summed E-state index contributed by atoms with van der Waals surface area (Å²) in [6, 6.07) is 6.75. The molecule has 0 aliphatic heterocycles. The Balaban J connectivity index is 1.51. The first-order chi connectivity index (χ1) is 13.5. The van der Waals surface area contributed by atoms with E-state index >= 15 is 0 Å². The fourth-order valence-electron chi connectivity index (χ4n) is 3.32. The van der Waals surface area contributed by atoms with Gasteiger partial charge in [-0.3, -0.25) is 9.59 Å². The van der Waals surface area contributed by atoms with Crippen LogP contribution in [0.4, 0.5) is 5.69 Å². The maximum Gasteiger partial charge on any atom is 0.358 e. The van der Waals surface area contributed by atoms with Crippen LogP contribution in [0, 0.1) is 5.92 Å². The molecule has 1 aromatic carbocycles. The van der Waals surface area contributed by atoms with Crippen LogP contribution in [0.15, 0.2) is 30.5 Å². The summed E-state index contributed by atoms with van der Waals surface area (Å²) in [5.74, 6) is -1.18. The molecule has 1 fully saturated rings. The van der Waals surface area contributed by atoms with Gasteiger partial charge in [0.1, 0.15) is 0 Å². The summed E-state index contributed by atoms with van der Waals surface area (Å²) in [5, 5.41) is 21.6. The van der Waals surface area contributed by atoms with Crippen LogP contribution < -0.4 is 10.6 Å². The number of carboxylic acid groups (broad SMARTS) is 1. The van der Waals surface area contributed by atoms with E-state index in [0.717, 1.165) is 12.8 Å². The van der Waals surface area contributed by atoms with Gasteiger partial charge in [0.25, 0.3) is 0 Å². The molecular weight excluding hydrogens is 362 g/mol. The molecule has 9 heteroatoms. The highest BCUT2D eigenvalue weighted by Gasteiger charge is 2.17. The highest BCUT2D eigenvalue weighted by atomic mass is 16.4. The molecular formula is C19H23N5O4. The van der Waals surface area contributed by atoms with Crippen LogP contribution in [-0.2, 0) is 9.59 Å². The lowest BCUT2D eigenvalue weighted by Gasteiger charge is -2.20. The molecule has 0 unspecified atom stereocenters. The number of aromatic carboxylic acids is 1. The van der Waals surface area contributed by atoms with Gasteiger partial charge >= 0.3 is 5.97 Å². The van der Waals surface area contributed by atoms with Gasteiger partial charge in [0.2, 0.25) is 11.8 Å². The molecule has 1 saturated carbocycles. The Labute approximate surface area is 162 Å². The van der Waals surface area contributed by atoms with Crippen molar-refractivity contribution in [2.45, 2.75) is 38.5 Å². The monoisotopic (exact) mass is 385 g/mol. The molecule has 0 bridgehead atoms. The number of nitrogens with zero attached hydrogens (tertiary/aromatic N) is 3. The predicted octanol–water partition coefficient (Wildman–Crippen LogP) is 1.99. The van der Waals surface area contributed by atoms with Crippen LogP contribution >= 0.6 is 0 Å². The molecule has 0 saturated heterocycles. The van der Waals surface area contributed by atoms with Crippen LogP contribution in [0.25, 0.3) is 5.69 Å². The zero-order chi connectivity index (χ0) is 19.9. The highest BCUT2D eigenvalue weighted by molar-refractivity contribution is 5.94. The van der Waals surface area contributed by atoms with Crippen LogP contribution in [0.2, 0.25) is 0 Å². The third-order valence-corrected chi connectivity index (χ3v) is 4.75. The second kappa shape index (κ2) is 9.12. The molecule has 9 nitrogen and oxygen atoms in total. The van der Waals surface area contributed by atoms with E-state index in [9.17, 15) is 14.4 Å². The maximum atomic E-state index is 12.1. The molecule has 2 aromatic rings. The van der Waals surface area contributed by atoms with E-state index in [0.29, 0.717) is 23.7 Å². The van der Waals surface area contributed by atoms with Crippen LogP contribution in [0.1, 0.15) is 49.0 Å². The van der Waals surface area contributed by atoms with Crippen LogP contribution in [0.3, 0.4) is 0 Å². The number of amides is 2. The summed E-state index contributed by atoms with van der Waals surface area (Å²) in [7, 11) is 0. The third-order valence-electron chi connectivity index (χ3n) is 4.75. The number of hydrogen-bond donors (Lipinski definition) is 3.